The number of hydrogen-bond acceptors (Lipinski definition) is 3. The second-order valence-corrected chi connectivity index (χ2v) is 7.20. The summed E-state index contributed by atoms with van der Waals surface area (Å²) in [5, 5.41) is 0. The van der Waals surface area contributed by atoms with Crippen LogP contribution in [0.3, 0.4) is 0 Å². The molecule has 2 aromatic carbocycles. The number of piperazine rings is 1. The van der Waals surface area contributed by atoms with E-state index in [0.29, 0.717) is 6.04 Å². The number of carbonyl (C=O) groups is 1. The molecule has 0 aromatic heterocycles. The summed E-state index contributed by atoms with van der Waals surface area (Å²) in [6, 6.07) is 13.4. The van der Waals surface area contributed by atoms with Crippen LogP contribution in [0, 0.1) is 20.8 Å². The predicted octanol–water partition coefficient (Wildman–Crippen LogP) is 4.31. The number of anilines is 1. The first-order valence-corrected chi connectivity index (χ1v) is 9.11. The Balaban J connectivity index is 1.65. The molecule has 0 amide bonds. The van der Waals surface area contributed by atoms with Crippen LogP contribution in [0.2, 0.25) is 0 Å². The van der Waals surface area contributed by atoms with E-state index in [-0.39, 0.29) is 0 Å². The van der Waals surface area contributed by atoms with E-state index in [2.05, 4.69) is 60.9 Å². The molecule has 1 saturated heterocycles. The summed E-state index contributed by atoms with van der Waals surface area (Å²) in [5.41, 5.74) is 7.19. The Hall–Kier alpha value is -2.13. The van der Waals surface area contributed by atoms with Crippen LogP contribution in [0.4, 0.5) is 5.69 Å². The van der Waals surface area contributed by atoms with Gasteiger partial charge in [-0.05, 0) is 68.1 Å². The van der Waals surface area contributed by atoms with Crippen molar-refractivity contribution < 1.29 is 4.79 Å². The lowest BCUT2D eigenvalue weighted by atomic mass is 10.0. The van der Waals surface area contributed by atoms with Gasteiger partial charge < -0.3 is 4.90 Å². The van der Waals surface area contributed by atoms with Crippen molar-refractivity contribution >= 4 is 12.0 Å². The fraction of sp³-hybridized carbons (Fsp3) is 0.409. The summed E-state index contributed by atoms with van der Waals surface area (Å²) in [4.78, 5) is 16.0. The molecule has 132 valence electrons. The van der Waals surface area contributed by atoms with Crippen molar-refractivity contribution in [2.45, 2.75) is 33.7 Å². The van der Waals surface area contributed by atoms with Crippen molar-refractivity contribution in [3.05, 3.63) is 64.2 Å². The fourth-order valence-electron chi connectivity index (χ4n) is 3.59. The van der Waals surface area contributed by atoms with Crippen LogP contribution in [0.15, 0.2) is 36.4 Å². The highest BCUT2D eigenvalue weighted by molar-refractivity contribution is 5.78. The Morgan fingerprint density at radius 2 is 1.60 bits per heavy atom. The third kappa shape index (κ3) is 3.77. The lowest BCUT2D eigenvalue weighted by molar-refractivity contribution is 0.112. The van der Waals surface area contributed by atoms with Crippen molar-refractivity contribution in [1.82, 2.24) is 4.90 Å². The number of benzene rings is 2. The molecule has 1 atom stereocenters. The third-order valence-corrected chi connectivity index (χ3v) is 5.62. The largest absolute Gasteiger partial charge is 0.369 e. The van der Waals surface area contributed by atoms with E-state index in [9.17, 15) is 4.79 Å². The van der Waals surface area contributed by atoms with Crippen molar-refractivity contribution in [3.63, 3.8) is 0 Å². The first-order chi connectivity index (χ1) is 12.0. The maximum Gasteiger partial charge on any atom is 0.150 e. The zero-order valence-corrected chi connectivity index (χ0v) is 15.7. The molecule has 1 aliphatic heterocycles. The van der Waals surface area contributed by atoms with Gasteiger partial charge in [-0.3, -0.25) is 9.69 Å². The standard InChI is InChI=1S/C22H28N2O/c1-16-5-6-20(13-17(16)2)19(4)23-9-11-24(12-10-23)22-8-7-21(15-25)18(3)14-22/h5-8,13-15,19H,9-12H2,1-4H3/t19-/m0/s1. The lowest BCUT2D eigenvalue weighted by Gasteiger charge is -2.39. The zero-order chi connectivity index (χ0) is 18.0. The van der Waals surface area contributed by atoms with Crippen LogP contribution in [-0.2, 0) is 0 Å². The van der Waals surface area contributed by atoms with Gasteiger partial charge in [-0.15, -0.1) is 0 Å². The minimum absolute atomic E-state index is 0.445. The molecule has 0 unspecified atom stereocenters. The summed E-state index contributed by atoms with van der Waals surface area (Å²) in [5.74, 6) is 0. The fourth-order valence-corrected chi connectivity index (χ4v) is 3.59. The highest BCUT2D eigenvalue weighted by Gasteiger charge is 2.22. The van der Waals surface area contributed by atoms with E-state index in [1.54, 1.807) is 0 Å². The van der Waals surface area contributed by atoms with Gasteiger partial charge in [0, 0.05) is 43.5 Å². The normalized spacial score (nSPS) is 16.7. The molecular formula is C22H28N2O. The van der Waals surface area contributed by atoms with E-state index in [4.69, 9.17) is 0 Å². The molecule has 3 nitrogen and oxygen atoms in total. The molecule has 0 N–H and O–H groups in total. The van der Waals surface area contributed by atoms with Crippen LogP contribution in [0.1, 0.15) is 45.6 Å². The third-order valence-electron chi connectivity index (χ3n) is 5.62. The minimum atomic E-state index is 0.445. The second-order valence-electron chi connectivity index (χ2n) is 7.20. The maximum absolute atomic E-state index is 11.0. The van der Waals surface area contributed by atoms with Gasteiger partial charge >= 0.3 is 0 Å². The number of carbonyl (C=O) groups excluding carboxylic acids is 1. The van der Waals surface area contributed by atoms with E-state index >= 15 is 0 Å². The molecule has 1 heterocycles. The molecule has 0 bridgehead atoms. The Morgan fingerprint density at radius 3 is 2.20 bits per heavy atom. The van der Waals surface area contributed by atoms with Gasteiger partial charge in [0.05, 0.1) is 0 Å². The average molecular weight is 336 g/mol. The van der Waals surface area contributed by atoms with E-state index in [1.807, 2.05) is 13.0 Å². The quantitative estimate of drug-likeness (QED) is 0.778. The van der Waals surface area contributed by atoms with Crippen LogP contribution >= 0.6 is 0 Å². The van der Waals surface area contributed by atoms with Crippen LogP contribution in [-0.4, -0.2) is 37.4 Å². The first-order valence-electron chi connectivity index (χ1n) is 9.11. The van der Waals surface area contributed by atoms with Gasteiger partial charge in [0.15, 0.2) is 0 Å². The molecular weight excluding hydrogens is 308 g/mol. The molecule has 0 saturated carbocycles. The molecule has 3 heteroatoms. The Kier molecular flexibility index (Phi) is 5.24. The van der Waals surface area contributed by atoms with Crippen LogP contribution < -0.4 is 4.90 Å². The molecule has 2 aromatic rings. The van der Waals surface area contributed by atoms with E-state index in [1.165, 1.54) is 22.4 Å². The number of aldehydes is 1. The summed E-state index contributed by atoms with van der Waals surface area (Å²) in [6.07, 6.45) is 0.933. The number of aryl methyl sites for hydroxylation is 3. The highest BCUT2D eigenvalue weighted by atomic mass is 16.1. The van der Waals surface area contributed by atoms with Gasteiger partial charge in [-0.25, -0.2) is 0 Å². The predicted molar refractivity (Wildman–Crippen MR) is 105 cm³/mol. The van der Waals surface area contributed by atoms with Crippen LogP contribution in [0.5, 0.6) is 0 Å². The van der Waals surface area contributed by atoms with Crippen molar-refractivity contribution in [3.8, 4) is 0 Å². The van der Waals surface area contributed by atoms with E-state index < -0.39 is 0 Å². The van der Waals surface area contributed by atoms with Gasteiger partial charge in [-0.2, -0.15) is 0 Å². The Morgan fingerprint density at radius 1 is 0.880 bits per heavy atom. The van der Waals surface area contributed by atoms with Crippen LogP contribution in [0.25, 0.3) is 0 Å². The Bertz CT molecular complexity index is 761. The minimum Gasteiger partial charge on any atom is -0.369 e. The highest BCUT2D eigenvalue weighted by Crippen LogP contribution is 2.26. The first kappa shape index (κ1) is 17.7. The van der Waals surface area contributed by atoms with E-state index in [0.717, 1.165) is 43.6 Å². The number of nitrogens with zero attached hydrogens (tertiary/aromatic N) is 2. The molecule has 25 heavy (non-hydrogen) atoms. The monoisotopic (exact) mass is 336 g/mol. The molecule has 0 radical (unpaired) electrons. The average Bonchev–Trinajstić information content (AvgIpc) is 2.63. The molecule has 0 aliphatic carbocycles. The summed E-state index contributed by atoms with van der Waals surface area (Å²) >= 11 is 0. The number of rotatable bonds is 4. The lowest BCUT2D eigenvalue weighted by Crippen LogP contribution is -2.47. The van der Waals surface area contributed by atoms with Crippen molar-refractivity contribution in [2.24, 2.45) is 0 Å². The molecule has 0 spiro atoms. The molecule has 1 aliphatic rings. The maximum atomic E-state index is 11.0. The summed E-state index contributed by atoms with van der Waals surface area (Å²) < 4.78 is 0. The smallest absolute Gasteiger partial charge is 0.150 e. The number of hydrogen-bond donors (Lipinski definition) is 0. The van der Waals surface area contributed by atoms with Gasteiger partial charge in [-0.1, -0.05) is 18.2 Å². The topological polar surface area (TPSA) is 23.6 Å². The van der Waals surface area contributed by atoms with Gasteiger partial charge in [0.1, 0.15) is 6.29 Å². The second kappa shape index (κ2) is 7.40. The van der Waals surface area contributed by atoms with Crippen molar-refractivity contribution in [2.75, 3.05) is 31.1 Å². The SMILES string of the molecule is Cc1ccc([C@H](C)N2CCN(c3ccc(C=O)c(C)c3)CC2)cc1C. The van der Waals surface area contributed by atoms with Gasteiger partial charge in [0.2, 0.25) is 0 Å². The zero-order valence-electron chi connectivity index (χ0n) is 15.7. The Labute approximate surface area is 151 Å². The summed E-state index contributed by atoms with van der Waals surface area (Å²) in [7, 11) is 0. The van der Waals surface area contributed by atoms with Crippen molar-refractivity contribution in [1.29, 1.82) is 0 Å². The summed E-state index contributed by atoms with van der Waals surface area (Å²) in [6.45, 7) is 12.8. The van der Waals surface area contributed by atoms with Gasteiger partial charge in [0.25, 0.3) is 0 Å². The molecule has 3 rings (SSSR count). The molecule has 1 fully saturated rings.